The first-order valence-electron chi connectivity index (χ1n) is 7.17. The van der Waals surface area contributed by atoms with Crippen molar-refractivity contribution in [2.45, 2.75) is 0 Å². The largest absolute Gasteiger partial charge is 0.227 e. The highest BCUT2D eigenvalue weighted by Gasteiger charge is 2.26. The van der Waals surface area contributed by atoms with Gasteiger partial charge in [-0.2, -0.15) is 5.10 Å². The molecule has 0 amide bonds. The van der Waals surface area contributed by atoms with Crippen LogP contribution < -0.4 is 0 Å². The van der Waals surface area contributed by atoms with Gasteiger partial charge in [0.05, 0.1) is 5.69 Å². The number of thiazole rings is 1. The molecule has 0 aliphatic heterocycles. The number of hydrogen-bond donors (Lipinski definition) is 0. The molecule has 5 nitrogen and oxygen atoms in total. The molecule has 5 radical (unpaired) electrons. The molecule has 0 spiro atoms. The molecular formula is C17H11BrN5S. The predicted molar refractivity (Wildman–Crippen MR) is 98.0 cm³/mol. The van der Waals surface area contributed by atoms with E-state index in [4.69, 9.17) is 0 Å². The Morgan fingerprint density at radius 2 is 1.92 bits per heavy atom. The second kappa shape index (κ2) is 6.94. The summed E-state index contributed by atoms with van der Waals surface area (Å²) in [6, 6.07) is 7.97. The lowest BCUT2D eigenvalue weighted by molar-refractivity contribution is 0.881. The van der Waals surface area contributed by atoms with Crippen LogP contribution in [0.5, 0.6) is 0 Å². The number of benzene rings is 1. The molecule has 2 heterocycles. The molecule has 0 N–H and O–H groups in total. The first-order valence-corrected chi connectivity index (χ1v) is 8.78. The van der Waals surface area contributed by atoms with E-state index in [0.29, 0.717) is 5.13 Å². The van der Waals surface area contributed by atoms with E-state index in [1.807, 2.05) is 56.2 Å². The number of halogens is 1. The zero-order valence-corrected chi connectivity index (χ0v) is 14.8. The summed E-state index contributed by atoms with van der Waals surface area (Å²) in [5.41, 5.74) is 1.88. The van der Waals surface area contributed by atoms with E-state index in [-0.39, 0.29) is 0 Å². The minimum Gasteiger partial charge on any atom is -0.227 e. The van der Waals surface area contributed by atoms with Gasteiger partial charge in [0.2, 0.25) is 5.13 Å². The summed E-state index contributed by atoms with van der Waals surface area (Å²) in [6.45, 7) is 0. The normalized spacial score (nSPS) is 15.5. The molecule has 1 fully saturated rings. The molecule has 0 unspecified atom stereocenters. The van der Waals surface area contributed by atoms with E-state index in [1.165, 1.54) is 17.7 Å². The van der Waals surface area contributed by atoms with Crippen LogP contribution in [0.3, 0.4) is 0 Å². The molecule has 0 atom stereocenters. The van der Waals surface area contributed by atoms with E-state index in [1.54, 1.807) is 11.0 Å². The van der Waals surface area contributed by atoms with Crippen molar-refractivity contribution in [2.75, 3.05) is 0 Å². The van der Waals surface area contributed by atoms with Crippen molar-refractivity contribution in [1.29, 1.82) is 0 Å². The van der Waals surface area contributed by atoms with Crippen molar-refractivity contribution in [3.05, 3.63) is 84.3 Å². The van der Waals surface area contributed by atoms with Crippen LogP contribution in [0.25, 0.3) is 5.00 Å². The lowest BCUT2D eigenvalue weighted by Crippen LogP contribution is -2.02. The summed E-state index contributed by atoms with van der Waals surface area (Å²) in [5.74, 6) is 1.04. The highest BCUT2D eigenvalue weighted by Crippen LogP contribution is 2.38. The van der Waals surface area contributed by atoms with Gasteiger partial charge in [-0.3, -0.25) is 0 Å². The Kier molecular flexibility index (Phi) is 4.53. The van der Waals surface area contributed by atoms with Crippen LogP contribution >= 0.6 is 27.3 Å². The molecule has 4 rings (SSSR count). The molecule has 1 saturated carbocycles. The van der Waals surface area contributed by atoms with Crippen molar-refractivity contribution < 1.29 is 0 Å². The SMILES string of the molecule is Brc1ccc(/C=N/c2nc([C]3[CH][CH][CH][CH]3)c(-n3cncn3)s2)cc1. The Labute approximate surface area is 152 Å². The highest BCUT2D eigenvalue weighted by atomic mass is 79.9. The zero-order valence-electron chi connectivity index (χ0n) is 12.4. The summed E-state index contributed by atoms with van der Waals surface area (Å²) in [4.78, 5) is 13.2. The summed E-state index contributed by atoms with van der Waals surface area (Å²) in [6.07, 6.45) is 13.0. The maximum atomic E-state index is 4.66. The number of rotatable bonds is 4. The Morgan fingerprint density at radius 1 is 1.12 bits per heavy atom. The first-order chi connectivity index (χ1) is 11.8. The summed E-state index contributed by atoms with van der Waals surface area (Å²) in [5, 5.41) is 5.80. The predicted octanol–water partition coefficient (Wildman–Crippen LogP) is 3.99. The van der Waals surface area contributed by atoms with Crippen LogP contribution in [-0.4, -0.2) is 26.0 Å². The highest BCUT2D eigenvalue weighted by molar-refractivity contribution is 9.10. The third-order valence-electron chi connectivity index (χ3n) is 3.35. The van der Waals surface area contributed by atoms with Crippen LogP contribution in [0.15, 0.2) is 46.4 Å². The molecule has 117 valence electrons. The molecule has 1 aliphatic carbocycles. The fourth-order valence-electron chi connectivity index (χ4n) is 2.22. The van der Waals surface area contributed by atoms with Crippen LogP contribution in [0.2, 0.25) is 0 Å². The third-order valence-corrected chi connectivity index (χ3v) is 4.84. The van der Waals surface area contributed by atoms with Crippen LogP contribution in [0.1, 0.15) is 11.3 Å². The monoisotopic (exact) mass is 396 g/mol. The van der Waals surface area contributed by atoms with Gasteiger partial charge in [-0.05, 0) is 43.4 Å². The molecule has 2 aromatic heterocycles. The van der Waals surface area contributed by atoms with Crippen LogP contribution in [0.4, 0.5) is 5.13 Å². The van der Waals surface area contributed by atoms with Gasteiger partial charge in [-0.1, -0.05) is 39.4 Å². The minimum absolute atomic E-state index is 0.680. The van der Waals surface area contributed by atoms with E-state index in [0.717, 1.165) is 26.6 Å². The van der Waals surface area contributed by atoms with E-state index in [2.05, 4.69) is 36.0 Å². The number of hydrogen-bond acceptors (Lipinski definition) is 5. The van der Waals surface area contributed by atoms with Crippen molar-refractivity contribution in [2.24, 2.45) is 4.99 Å². The lowest BCUT2D eigenvalue weighted by atomic mass is 10.1. The van der Waals surface area contributed by atoms with Crippen molar-refractivity contribution >= 4 is 38.6 Å². The lowest BCUT2D eigenvalue weighted by Gasteiger charge is -2.06. The van der Waals surface area contributed by atoms with Crippen LogP contribution in [-0.2, 0) is 0 Å². The average Bonchev–Trinajstić information content (AvgIpc) is 3.33. The van der Waals surface area contributed by atoms with Gasteiger partial charge in [-0.15, -0.1) is 0 Å². The third kappa shape index (κ3) is 3.32. The topological polar surface area (TPSA) is 56.0 Å². The fraction of sp³-hybridized carbons (Fsp3) is 0. The minimum atomic E-state index is 0.680. The number of nitrogens with zero attached hydrogens (tertiary/aromatic N) is 5. The fourth-order valence-corrected chi connectivity index (χ4v) is 3.35. The second-order valence-electron chi connectivity index (χ2n) is 4.97. The maximum Gasteiger partial charge on any atom is 0.211 e. The molecule has 0 bridgehead atoms. The van der Waals surface area contributed by atoms with Crippen molar-refractivity contribution in [1.82, 2.24) is 19.7 Å². The maximum absolute atomic E-state index is 4.66. The van der Waals surface area contributed by atoms with Gasteiger partial charge in [0.1, 0.15) is 17.7 Å². The summed E-state index contributed by atoms with van der Waals surface area (Å²) >= 11 is 4.91. The Bertz CT molecular complexity index is 833. The molecule has 3 aromatic rings. The zero-order chi connectivity index (χ0) is 16.4. The van der Waals surface area contributed by atoms with Crippen molar-refractivity contribution in [3.63, 3.8) is 0 Å². The van der Waals surface area contributed by atoms with E-state index >= 15 is 0 Å². The summed E-state index contributed by atoms with van der Waals surface area (Å²) in [7, 11) is 0. The van der Waals surface area contributed by atoms with Crippen LogP contribution in [0, 0.1) is 31.6 Å². The second-order valence-corrected chi connectivity index (χ2v) is 6.85. The van der Waals surface area contributed by atoms with E-state index < -0.39 is 0 Å². The smallest absolute Gasteiger partial charge is 0.211 e. The van der Waals surface area contributed by atoms with Gasteiger partial charge in [0.15, 0.2) is 0 Å². The average molecular weight is 397 g/mol. The van der Waals surface area contributed by atoms with Crippen molar-refractivity contribution in [3.8, 4) is 5.00 Å². The first kappa shape index (κ1) is 15.7. The quantitative estimate of drug-likeness (QED) is 0.626. The number of aromatic nitrogens is 4. The Hall–Kier alpha value is -1.86. The molecular weight excluding hydrogens is 386 g/mol. The van der Waals surface area contributed by atoms with Gasteiger partial charge in [-0.25, -0.2) is 19.6 Å². The van der Waals surface area contributed by atoms with Gasteiger partial charge < -0.3 is 0 Å². The Morgan fingerprint density at radius 3 is 2.62 bits per heavy atom. The van der Waals surface area contributed by atoms with E-state index in [9.17, 15) is 0 Å². The Balaban J connectivity index is 1.66. The summed E-state index contributed by atoms with van der Waals surface area (Å²) < 4.78 is 2.76. The molecule has 1 aromatic carbocycles. The molecule has 1 aliphatic rings. The molecule has 7 heteroatoms. The van der Waals surface area contributed by atoms with Gasteiger partial charge in [0.25, 0.3) is 0 Å². The van der Waals surface area contributed by atoms with Gasteiger partial charge >= 0.3 is 0 Å². The van der Waals surface area contributed by atoms with Gasteiger partial charge in [0, 0.05) is 16.6 Å². The molecule has 24 heavy (non-hydrogen) atoms. The standard InChI is InChI=1S/C17H11BrN5S/c18-14-7-5-12(6-8-14)9-20-17-22-15(13-3-1-2-4-13)16(24-17)23-11-19-10-21-23/h1-11H/b20-9+. The molecule has 0 saturated heterocycles. The number of aliphatic imine (C=N–C) groups is 1.